The largest absolute Gasteiger partial charge is 0.365 e. The molecule has 18 heavy (non-hydrogen) atoms. The number of nitrogens with zero attached hydrogens (tertiary/aromatic N) is 2. The molecule has 3 aromatic heterocycles. The van der Waals surface area contributed by atoms with Crippen molar-refractivity contribution < 1.29 is 4.79 Å². The van der Waals surface area contributed by atoms with E-state index < -0.39 is 0 Å². The Bertz CT molecular complexity index is 714. The van der Waals surface area contributed by atoms with Crippen LogP contribution in [0.3, 0.4) is 0 Å². The second-order valence-corrected chi connectivity index (χ2v) is 5.21. The van der Waals surface area contributed by atoms with Gasteiger partial charge in [0.15, 0.2) is 0 Å². The molecule has 0 aliphatic heterocycles. The van der Waals surface area contributed by atoms with Crippen molar-refractivity contribution in [3.8, 4) is 0 Å². The average molecular weight is 257 g/mol. The smallest absolute Gasteiger partial charge is 0.258 e. The molecule has 3 heterocycles. The summed E-state index contributed by atoms with van der Waals surface area (Å²) in [5.41, 5.74) is 7.35. The Morgan fingerprint density at radius 3 is 3.00 bits per heavy atom. The molecule has 0 saturated heterocycles. The van der Waals surface area contributed by atoms with E-state index in [0.29, 0.717) is 4.88 Å². The van der Waals surface area contributed by atoms with Crippen LogP contribution in [0.4, 0.5) is 0 Å². The third-order valence-corrected chi connectivity index (χ3v) is 3.83. The number of amides is 1. The minimum absolute atomic E-state index is 0.365. The fourth-order valence-electron chi connectivity index (χ4n) is 1.88. The molecule has 0 atom stereocenters. The highest BCUT2D eigenvalue weighted by Crippen LogP contribution is 2.19. The van der Waals surface area contributed by atoms with Gasteiger partial charge in [0.1, 0.15) is 5.65 Å². The predicted octanol–water partition coefficient (Wildman–Crippen LogP) is 2.09. The highest BCUT2D eigenvalue weighted by Gasteiger charge is 2.06. The summed E-state index contributed by atoms with van der Waals surface area (Å²) < 4.78 is 1.98. The number of primary amides is 1. The second-order valence-electron chi connectivity index (χ2n) is 4.04. The molecule has 90 valence electrons. The van der Waals surface area contributed by atoms with Crippen molar-refractivity contribution in [1.29, 1.82) is 0 Å². The summed E-state index contributed by atoms with van der Waals surface area (Å²) in [4.78, 5) is 17.0. The number of thiophene rings is 1. The van der Waals surface area contributed by atoms with Crippen LogP contribution in [0.25, 0.3) is 5.65 Å². The zero-order valence-corrected chi connectivity index (χ0v) is 10.4. The van der Waals surface area contributed by atoms with Crippen LogP contribution < -0.4 is 5.73 Å². The maximum Gasteiger partial charge on any atom is 0.258 e. The van der Waals surface area contributed by atoms with E-state index in [0.717, 1.165) is 16.9 Å². The first-order chi connectivity index (χ1) is 8.72. The van der Waals surface area contributed by atoms with Gasteiger partial charge in [-0.1, -0.05) is 6.07 Å². The van der Waals surface area contributed by atoms with E-state index >= 15 is 0 Å². The Kier molecular flexibility index (Phi) is 2.60. The number of carbonyl (C=O) groups is 1. The highest BCUT2D eigenvalue weighted by atomic mass is 32.1. The summed E-state index contributed by atoms with van der Waals surface area (Å²) in [7, 11) is 0. The lowest BCUT2D eigenvalue weighted by Crippen LogP contribution is -2.08. The van der Waals surface area contributed by atoms with Crippen LogP contribution in [0.15, 0.2) is 42.9 Å². The molecule has 0 aliphatic rings. The summed E-state index contributed by atoms with van der Waals surface area (Å²) in [6.07, 6.45) is 6.54. The lowest BCUT2D eigenvalue weighted by atomic mass is 10.2. The first-order valence-corrected chi connectivity index (χ1v) is 6.34. The number of hydrogen-bond acceptors (Lipinski definition) is 3. The van der Waals surface area contributed by atoms with Crippen molar-refractivity contribution in [1.82, 2.24) is 9.38 Å². The van der Waals surface area contributed by atoms with Gasteiger partial charge in [-0.25, -0.2) is 4.98 Å². The molecule has 3 rings (SSSR count). The lowest BCUT2D eigenvalue weighted by Gasteiger charge is -2.00. The third-order valence-electron chi connectivity index (χ3n) is 2.73. The Hall–Kier alpha value is -2.14. The molecular formula is C13H11N3OS. The molecule has 0 radical (unpaired) electrons. The van der Waals surface area contributed by atoms with E-state index in [9.17, 15) is 4.79 Å². The molecule has 0 unspecified atom stereocenters. The van der Waals surface area contributed by atoms with E-state index in [-0.39, 0.29) is 5.91 Å². The van der Waals surface area contributed by atoms with E-state index in [1.807, 2.05) is 35.0 Å². The van der Waals surface area contributed by atoms with Crippen LogP contribution in [0.5, 0.6) is 0 Å². The van der Waals surface area contributed by atoms with Crippen LogP contribution in [0, 0.1) is 0 Å². The normalized spacial score (nSPS) is 10.9. The van der Waals surface area contributed by atoms with Gasteiger partial charge in [0, 0.05) is 29.9 Å². The Labute approximate surface area is 108 Å². The highest BCUT2D eigenvalue weighted by molar-refractivity contribution is 7.14. The van der Waals surface area contributed by atoms with Gasteiger partial charge in [0.2, 0.25) is 0 Å². The maximum absolute atomic E-state index is 11.0. The minimum atomic E-state index is -0.365. The monoisotopic (exact) mass is 257 g/mol. The van der Waals surface area contributed by atoms with Crippen LogP contribution in [-0.4, -0.2) is 15.3 Å². The summed E-state index contributed by atoms with van der Waals surface area (Å²) >= 11 is 1.44. The summed E-state index contributed by atoms with van der Waals surface area (Å²) in [6, 6.07) is 7.75. The topological polar surface area (TPSA) is 60.4 Å². The van der Waals surface area contributed by atoms with Gasteiger partial charge >= 0.3 is 0 Å². The van der Waals surface area contributed by atoms with Crippen molar-refractivity contribution >= 4 is 22.9 Å². The second kappa shape index (κ2) is 4.27. The molecule has 0 aliphatic carbocycles. The van der Waals surface area contributed by atoms with E-state index in [1.165, 1.54) is 16.9 Å². The Morgan fingerprint density at radius 2 is 2.22 bits per heavy atom. The zero-order valence-electron chi connectivity index (χ0n) is 9.54. The molecule has 5 heteroatoms. The standard InChI is InChI=1S/C13H11N3OS/c14-13(17)11-3-2-10(18-11)7-9-1-4-12-15-5-6-16(12)8-9/h1-6,8H,7H2,(H2,14,17). The summed E-state index contributed by atoms with van der Waals surface area (Å²) in [5, 5.41) is 0. The quantitative estimate of drug-likeness (QED) is 0.781. The number of aromatic nitrogens is 2. The Morgan fingerprint density at radius 1 is 1.33 bits per heavy atom. The minimum Gasteiger partial charge on any atom is -0.365 e. The molecule has 4 nitrogen and oxygen atoms in total. The van der Waals surface area contributed by atoms with E-state index in [4.69, 9.17) is 5.73 Å². The molecule has 0 spiro atoms. The number of fused-ring (bicyclic) bond motifs is 1. The molecular weight excluding hydrogens is 246 g/mol. The molecule has 0 saturated carbocycles. The molecule has 0 bridgehead atoms. The average Bonchev–Trinajstić information content (AvgIpc) is 2.96. The van der Waals surface area contributed by atoms with Crippen molar-refractivity contribution in [3.05, 3.63) is 58.2 Å². The van der Waals surface area contributed by atoms with Crippen molar-refractivity contribution in [2.24, 2.45) is 5.73 Å². The van der Waals surface area contributed by atoms with Gasteiger partial charge in [-0.2, -0.15) is 0 Å². The fraction of sp³-hybridized carbons (Fsp3) is 0.0769. The van der Waals surface area contributed by atoms with Gasteiger partial charge in [0.05, 0.1) is 4.88 Å². The predicted molar refractivity (Wildman–Crippen MR) is 70.8 cm³/mol. The number of rotatable bonds is 3. The number of nitrogens with two attached hydrogens (primary N) is 1. The van der Waals surface area contributed by atoms with Crippen LogP contribution in [0.2, 0.25) is 0 Å². The number of carbonyl (C=O) groups excluding carboxylic acids is 1. The van der Waals surface area contributed by atoms with Crippen LogP contribution in [-0.2, 0) is 6.42 Å². The maximum atomic E-state index is 11.0. The van der Waals surface area contributed by atoms with E-state index in [1.54, 1.807) is 12.3 Å². The van der Waals surface area contributed by atoms with Crippen LogP contribution >= 0.6 is 11.3 Å². The van der Waals surface area contributed by atoms with Crippen LogP contribution in [0.1, 0.15) is 20.1 Å². The van der Waals surface area contributed by atoms with Crippen molar-refractivity contribution in [3.63, 3.8) is 0 Å². The van der Waals surface area contributed by atoms with Crippen molar-refractivity contribution in [2.75, 3.05) is 0 Å². The molecule has 3 aromatic rings. The zero-order chi connectivity index (χ0) is 12.5. The first kappa shape index (κ1) is 11.0. The Balaban J connectivity index is 1.88. The number of imidazole rings is 1. The van der Waals surface area contributed by atoms with Crippen molar-refractivity contribution in [2.45, 2.75) is 6.42 Å². The first-order valence-electron chi connectivity index (χ1n) is 5.52. The third kappa shape index (κ3) is 2.00. The molecule has 1 amide bonds. The number of hydrogen-bond donors (Lipinski definition) is 1. The summed E-state index contributed by atoms with van der Waals surface area (Å²) in [6.45, 7) is 0. The number of pyridine rings is 1. The van der Waals surface area contributed by atoms with E-state index in [2.05, 4.69) is 4.98 Å². The summed E-state index contributed by atoms with van der Waals surface area (Å²) in [5.74, 6) is -0.365. The van der Waals surface area contributed by atoms with Gasteiger partial charge in [0.25, 0.3) is 5.91 Å². The SMILES string of the molecule is NC(=O)c1ccc(Cc2ccc3nccn3c2)s1. The fourth-order valence-corrected chi connectivity index (χ4v) is 2.77. The molecule has 0 fully saturated rings. The van der Waals surface area contributed by atoms with Gasteiger partial charge in [-0.15, -0.1) is 11.3 Å². The van der Waals surface area contributed by atoms with Gasteiger partial charge in [-0.3, -0.25) is 4.79 Å². The molecule has 0 aromatic carbocycles. The van der Waals surface area contributed by atoms with Gasteiger partial charge in [-0.05, 0) is 23.8 Å². The van der Waals surface area contributed by atoms with Gasteiger partial charge < -0.3 is 10.1 Å². The lowest BCUT2D eigenvalue weighted by molar-refractivity contribution is 0.100. The molecule has 2 N–H and O–H groups in total.